The summed E-state index contributed by atoms with van der Waals surface area (Å²) >= 11 is 0. The Morgan fingerprint density at radius 2 is 2.31 bits per heavy atom. The molecule has 16 heavy (non-hydrogen) atoms. The number of aryl methyl sites for hydroxylation is 1. The Morgan fingerprint density at radius 3 is 2.94 bits per heavy atom. The lowest BCUT2D eigenvalue weighted by Crippen LogP contribution is -2.23. The Kier molecular flexibility index (Phi) is 6.04. The molecule has 0 aliphatic heterocycles. The van der Waals surface area contributed by atoms with Crippen molar-refractivity contribution in [3.05, 3.63) is 29.6 Å². The van der Waals surface area contributed by atoms with E-state index in [9.17, 15) is 0 Å². The molecule has 1 atom stereocenters. The molecule has 0 fully saturated rings. The third kappa shape index (κ3) is 3.91. The van der Waals surface area contributed by atoms with E-state index in [1.807, 2.05) is 12.3 Å². The van der Waals surface area contributed by atoms with Crippen molar-refractivity contribution >= 4 is 0 Å². The molecule has 3 nitrogen and oxygen atoms in total. The van der Waals surface area contributed by atoms with Crippen molar-refractivity contribution in [2.75, 3.05) is 20.3 Å². The molecule has 0 bridgehead atoms. The zero-order chi connectivity index (χ0) is 11.8. The van der Waals surface area contributed by atoms with Gasteiger partial charge in [-0.15, -0.1) is 0 Å². The minimum absolute atomic E-state index is 0.348. The van der Waals surface area contributed by atoms with Crippen LogP contribution in [0, 0.1) is 6.92 Å². The van der Waals surface area contributed by atoms with Gasteiger partial charge in [-0.3, -0.25) is 4.98 Å². The van der Waals surface area contributed by atoms with Gasteiger partial charge in [0.25, 0.3) is 0 Å². The fourth-order valence-electron chi connectivity index (χ4n) is 1.88. The van der Waals surface area contributed by atoms with E-state index in [-0.39, 0.29) is 0 Å². The minimum atomic E-state index is 0.348. The fraction of sp³-hybridized carbons (Fsp3) is 0.615. The van der Waals surface area contributed by atoms with Gasteiger partial charge in [-0.1, -0.05) is 13.0 Å². The van der Waals surface area contributed by atoms with Crippen LogP contribution < -0.4 is 5.32 Å². The minimum Gasteiger partial charge on any atom is -0.385 e. The molecule has 0 radical (unpaired) electrons. The molecular formula is C13H22N2O. The van der Waals surface area contributed by atoms with E-state index in [0.29, 0.717) is 6.04 Å². The monoisotopic (exact) mass is 222 g/mol. The predicted octanol–water partition coefficient (Wildman–Crippen LogP) is 2.47. The Labute approximate surface area is 98.2 Å². The fourth-order valence-corrected chi connectivity index (χ4v) is 1.88. The zero-order valence-electron chi connectivity index (χ0n) is 10.5. The van der Waals surface area contributed by atoms with Gasteiger partial charge in [0, 0.05) is 26.0 Å². The molecule has 0 saturated carbocycles. The van der Waals surface area contributed by atoms with Crippen LogP contribution in [0.3, 0.4) is 0 Å². The Bertz CT molecular complexity index is 302. The molecule has 0 aromatic carbocycles. The van der Waals surface area contributed by atoms with Crippen molar-refractivity contribution in [3.63, 3.8) is 0 Å². The highest BCUT2D eigenvalue weighted by atomic mass is 16.5. The summed E-state index contributed by atoms with van der Waals surface area (Å²) in [7, 11) is 1.74. The average molecular weight is 222 g/mol. The topological polar surface area (TPSA) is 34.1 Å². The number of pyridine rings is 1. The van der Waals surface area contributed by atoms with Gasteiger partial charge in [-0.25, -0.2) is 0 Å². The van der Waals surface area contributed by atoms with Gasteiger partial charge >= 0.3 is 0 Å². The summed E-state index contributed by atoms with van der Waals surface area (Å²) in [5.41, 5.74) is 2.42. The number of aromatic nitrogens is 1. The predicted molar refractivity (Wildman–Crippen MR) is 66.5 cm³/mol. The van der Waals surface area contributed by atoms with E-state index in [4.69, 9.17) is 4.74 Å². The SMILES string of the molecule is CCNC(CCCOC)c1ncccc1C. The van der Waals surface area contributed by atoms with E-state index < -0.39 is 0 Å². The molecule has 1 rings (SSSR count). The summed E-state index contributed by atoms with van der Waals surface area (Å²) in [6.45, 7) is 6.02. The van der Waals surface area contributed by atoms with Gasteiger partial charge < -0.3 is 10.1 Å². The van der Waals surface area contributed by atoms with Crippen LogP contribution in [0.5, 0.6) is 0 Å². The van der Waals surface area contributed by atoms with Crippen LogP contribution in [-0.4, -0.2) is 25.2 Å². The molecule has 0 aliphatic rings. The zero-order valence-corrected chi connectivity index (χ0v) is 10.5. The molecule has 0 spiro atoms. The van der Waals surface area contributed by atoms with E-state index in [1.54, 1.807) is 7.11 Å². The van der Waals surface area contributed by atoms with Crippen LogP contribution in [0.15, 0.2) is 18.3 Å². The lowest BCUT2D eigenvalue weighted by molar-refractivity contribution is 0.188. The molecule has 90 valence electrons. The van der Waals surface area contributed by atoms with Gasteiger partial charge in [0.05, 0.1) is 5.69 Å². The maximum Gasteiger partial charge on any atom is 0.0602 e. The number of nitrogens with one attached hydrogen (secondary N) is 1. The van der Waals surface area contributed by atoms with E-state index >= 15 is 0 Å². The largest absolute Gasteiger partial charge is 0.385 e. The molecule has 1 N–H and O–H groups in total. The van der Waals surface area contributed by atoms with Gasteiger partial charge in [-0.05, 0) is 37.9 Å². The van der Waals surface area contributed by atoms with Crippen molar-refractivity contribution in [1.29, 1.82) is 0 Å². The van der Waals surface area contributed by atoms with Crippen LogP contribution >= 0.6 is 0 Å². The first-order valence-electron chi connectivity index (χ1n) is 5.93. The van der Waals surface area contributed by atoms with Gasteiger partial charge in [0.2, 0.25) is 0 Å². The second-order valence-corrected chi connectivity index (χ2v) is 3.95. The normalized spacial score (nSPS) is 12.7. The molecule has 3 heteroatoms. The molecule has 0 aliphatic carbocycles. The van der Waals surface area contributed by atoms with Crippen LogP contribution in [0.4, 0.5) is 0 Å². The summed E-state index contributed by atoms with van der Waals surface area (Å²) in [6, 6.07) is 4.45. The van der Waals surface area contributed by atoms with Crippen molar-refractivity contribution in [3.8, 4) is 0 Å². The quantitative estimate of drug-likeness (QED) is 0.720. The summed E-state index contributed by atoms with van der Waals surface area (Å²) in [5.74, 6) is 0. The first kappa shape index (κ1) is 13.1. The van der Waals surface area contributed by atoms with E-state index in [0.717, 1.165) is 26.0 Å². The maximum atomic E-state index is 5.09. The third-order valence-corrected chi connectivity index (χ3v) is 2.67. The summed E-state index contributed by atoms with van der Waals surface area (Å²) in [6.07, 6.45) is 3.99. The molecule has 0 saturated heterocycles. The van der Waals surface area contributed by atoms with Crippen LogP contribution in [0.1, 0.15) is 37.1 Å². The van der Waals surface area contributed by atoms with Crippen molar-refractivity contribution < 1.29 is 4.74 Å². The van der Waals surface area contributed by atoms with E-state index in [1.165, 1.54) is 11.3 Å². The van der Waals surface area contributed by atoms with Crippen LogP contribution in [0.25, 0.3) is 0 Å². The van der Waals surface area contributed by atoms with Crippen molar-refractivity contribution in [2.24, 2.45) is 0 Å². The number of hydrogen-bond donors (Lipinski definition) is 1. The average Bonchev–Trinajstić information content (AvgIpc) is 2.29. The number of rotatable bonds is 7. The lowest BCUT2D eigenvalue weighted by atomic mass is 10.0. The van der Waals surface area contributed by atoms with Gasteiger partial charge in [0.1, 0.15) is 0 Å². The second-order valence-electron chi connectivity index (χ2n) is 3.95. The van der Waals surface area contributed by atoms with Gasteiger partial charge in [-0.2, -0.15) is 0 Å². The maximum absolute atomic E-state index is 5.09. The number of methoxy groups -OCH3 is 1. The van der Waals surface area contributed by atoms with Crippen LogP contribution in [-0.2, 0) is 4.74 Å². The van der Waals surface area contributed by atoms with Crippen molar-refractivity contribution in [2.45, 2.75) is 32.7 Å². The Morgan fingerprint density at radius 1 is 1.50 bits per heavy atom. The first-order valence-corrected chi connectivity index (χ1v) is 5.93. The number of nitrogens with zero attached hydrogens (tertiary/aromatic N) is 1. The molecule has 0 amide bonds. The highest BCUT2D eigenvalue weighted by Crippen LogP contribution is 2.19. The summed E-state index contributed by atoms with van der Waals surface area (Å²) < 4.78 is 5.09. The molecule has 1 aromatic heterocycles. The second kappa shape index (κ2) is 7.36. The first-order chi connectivity index (χ1) is 7.79. The number of ether oxygens (including phenoxy) is 1. The number of hydrogen-bond acceptors (Lipinski definition) is 3. The molecule has 1 unspecified atom stereocenters. The van der Waals surface area contributed by atoms with Crippen LogP contribution in [0.2, 0.25) is 0 Å². The smallest absolute Gasteiger partial charge is 0.0602 e. The molecule has 1 aromatic rings. The Balaban J connectivity index is 2.65. The standard InChI is InChI=1S/C13H22N2O/c1-4-14-12(8-6-10-16-3)13-11(2)7-5-9-15-13/h5,7,9,12,14H,4,6,8,10H2,1-3H3. The summed E-state index contributed by atoms with van der Waals surface area (Å²) in [5, 5.41) is 3.48. The lowest BCUT2D eigenvalue weighted by Gasteiger charge is -2.18. The Hall–Kier alpha value is -0.930. The highest BCUT2D eigenvalue weighted by Gasteiger charge is 2.13. The highest BCUT2D eigenvalue weighted by molar-refractivity contribution is 5.20. The molecule has 1 heterocycles. The summed E-state index contributed by atoms with van der Waals surface area (Å²) in [4.78, 5) is 4.47. The third-order valence-electron chi connectivity index (χ3n) is 2.67. The van der Waals surface area contributed by atoms with Crippen molar-refractivity contribution in [1.82, 2.24) is 10.3 Å². The van der Waals surface area contributed by atoms with Gasteiger partial charge in [0.15, 0.2) is 0 Å². The van der Waals surface area contributed by atoms with E-state index in [2.05, 4.69) is 30.2 Å². The molecular weight excluding hydrogens is 200 g/mol.